The molecule has 0 radical (unpaired) electrons. The number of carboxylic acid groups (broad SMARTS) is 4. The van der Waals surface area contributed by atoms with Crippen molar-refractivity contribution >= 4 is 58.4 Å². The topological polar surface area (TPSA) is 308 Å². The monoisotopic (exact) mass is 1030 g/mol. The van der Waals surface area contributed by atoms with Crippen molar-refractivity contribution in [3.63, 3.8) is 0 Å². The van der Waals surface area contributed by atoms with E-state index in [0.29, 0.717) is 37.9 Å². The lowest BCUT2D eigenvalue weighted by Crippen LogP contribution is -2.51. The fourth-order valence-corrected chi connectivity index (χ4v) is 9.35. The van der Waals surface area contributed by atoms with Gasteiger partial charge in [-0.05, 0) is 130 Å². The van der Waals surface area contributed by atoms with Gasteiger partial charge in [0, 0.05) is 70.1 Å². The zero-order valence-corrected chi connectivity index (χ0v) is 42.2. The van der Waals surface area contributed by atoms with Gasteiger partial charge >= 0.3 is 29.9 Å². The summed E-state index contributed by atoms with van der Waals surface area (Å²) in [6.45, 7) is 7.83. The maximum Gasteiger partial charge on any atom is 0.326 e. The molecular weight excluding hydrogens is 955 g/mol. The molecule has 1 saturated carbocycles. The highest BCUT2D eigenvalue weighted by Crippen LogP contribution is 2.29. The zero-order chi connectivity index (χ0) is 53.2. The summed E-state index contributed by atoms with van der Waals surface area (Å²) in [4.78, 5) is 103. The predicted octanol–water partition coefficient (Wildman–Crippen LogP) is 2.62. The van der Waals surface area contributed by atoms with Gasteiger partial charge in [-0.25, -0.2) is 14.4 Å². The Kier molecular flexibility index (Phi) is 24.5. The second-order valence-electron chi connectivity index (χ2n) is 19.3. The molecule has 404 valence electrons. The normalized spacial score (nSPS) is 18.6. The molecule has 3 aromatic carbocycles. The number of nitrogens with one attached hydrogen (secondary N) is 7. The number of rotatable bonds is 24. The number of aliphatic carboxylic acids is 4. The van der Waals surface area contributed by atoms with Gasteiger partial charge in [-0.2, -0.15) is 0 Å². The molecule has 5 amide bonds. The predicted molar refractivity (Wildman–Crippen MR) is 276 cm³/mol. The van der Waals surface area contributed by atoms with Crippen molar-refractivity contribution in [2.75, 3.05) is 72.0 Å². The minimum absolute atomic E-state index is 0.0402. The lowest BCUT2D eigenvalue weighted by atomic mass is 9.81. The number of urea groups is 1. The van der Waals surface area contributed by atoms with Crippen LogP contribution in [0.3, 0.4) is 0 Å². The summed E-state index contributed by atoms with van der Waals surface area (Å²) in [5, 5.41) is 59.4. The Bertz CT molecular complexity index is 2310. The van der Waals surface area contributed by atoms with E-state index in [2.05, 4.69) is 42.1 Å². The third-order valence-electron chi connectivity index (χ3n) is 13.6. The van der Waals surface area contributed by atoms with Gasteiger partial charge in [-0.3, -0.25) is 33.8 Å². The third kappa shape index (κ3) is 21.0. The van der Waals surface area contributed by atoms with Crippen molar-refractivity contribution in [3.05, 3.63) is 83.4 Å². The van der Waals surface area contributed by atoms with Gasteiger partial charge in [-0.1, -0.05) is 54.6 Å². The summed E-state index contributed by atoms with van der Waals surface area (Å²) < 4.78 is 0. The first-order chi connectivity index (χ1) is 35.6. The smallest absolute Gasteiger partial charge is 0.326 e. The molecule has 3 aromatic rings. The van der Waals surface area contributed by atoms with Crippen LogP contribution in [0.25, 0.3) is 10.8 Å². The largest absolute Gasteiger partial charge is 0.481 e. The molecule has 0 spiro atoms. The molecule has 1 saturated heterocycles. The third-order valence-corrected chi connectivity index (χ3v) is 13.6. The van der Waals surface area contributed by atoms with Gasteiger partial charge in [0.05, 0.1) is 6.54 Å². The van der Waals surface area contributed by atoms with E-state index in [-0.39, 0.29) is 62.4 Å². The van der Waals surface area contributed by atoms with Crippen LogP contribution in [0.5, 0.6) is 0 Å². The molecular formula is C53H75N9O12. The van der Waals surface area contributed by atoms with E-state index in [4.69, 9.17) is 5.11 Å². The highest BCUT2D eigenvalue weighted by Gasteiger charge is 2.31. The Morgan fingerprint density at radius 2 is 1.23 bits per heavy atom. The van der Waals surface area contributed by atoms with E-state index >= 15 is 0 Å². The summed E-state index contributed by atoms with van der Waals surface area (Å²) in [6, 6.07) is 16.5. The fourth-order valence-electron chi connectivity index (χ4n) is 9.35. The van der Waals surface area contributed by atoms with E-state index in [9.17, 15) is 53.7 Å². The van der Waals surface area contributed by atoms with Gasteiger partial charge < -0.3 is 57.6 Å². The molecule has 2 aliphatic rings. The first-order valence-electron chi connectivity index (χ1n) is 25.9. The van der Waals surface area contributed by atoms with Crippen LogP contribution < -0.4 is 37.2 Å². The van der Waals surface area contributed by atoms with Gasteiger partial charge in [0.1, 0.15) is 18.1 Å². The zero-order valence-electron chi connectivity index (χ0n) is 42.2. The lowest BCUT2D eigenvalue weighted by molar-refractivity contribution is -0.141. The molecule has 0 bridgehead atoms. The Morgan fingerprint density at radius 3 is 1.88 bits per heavy atom. The molecule has 1 aliphatic carbocycles. The average Bonchev–Trinajstić information content (AvgIpc) is 3.37. The number of fused-ring (bicyclic) bond motifs is 1. The number of hydrogen-bond acceptors (Lipinski definition) is 12. The van der Waals surface area contributed by atoms with Crippen LogP contribution in [0.15, 0.2) is 66.7 Å². The van der Waals surface area contributed by atoms with Crippen molar-refractivity contribution in [2.45, 2.75) is 102 Å². The molecule has 3 unspecified atom stereocenters. The van der Waals surface area contributed by atoms with Crippen LogP contribution in [0.2, 0.25) is 0 Å². The SMILES string of the molecule is O=C(O)CCC(NC(=O)NC(CCCCNC(=O)C(Cc1ccc2ccccc2c1)NC(=O)C1CCC(CNC(=O)c2ccc(CN3CCCNCCN(CC(=O)O)CCCNCC3)cc2)CC1)C(=O)O)C(=O)O. The Hall–Kier alpha value is -6.68. The van der Waals surface area contributed by atoms with Crippen molar-refractivity contribution in [3.8, 4) is 0 Å². The number of benzene rings is 3. The van der Waals surface area contributed by atoms with Crippen LogP contribution in [0, 0.1) is 11.8 Å². The molecule has 21 nitrogen and oxygen atoms in total. The second kappa shape index (κ2) is 31.1. The van der Waals surface area contributed by atoms with Crippen LogP contribution >= 0.6 is 0 Å². The molecule has 74 heavy (non-hydrogen) atoms. The van der Waals surface area contributed by atoms with E-state index in [1.807, 2.05) is 71.6 Å². The van der Waals surface area contributed by atoms with Gasteiger partial charge in [-0.15, -0.1) is 0 Å². The highest BCUT2D eigenvalue weighted by molar-refractivity contribution is 5.94. The second-order valence-corrected chi connectivity index (χ2v) is 19.3. The molecule has 1 aliphatic heterocycles. The molecule has 2 fully saturated rings. The van der Waals surface area contributed by atoms with Crippen LogP contribution in [-0.4, -0.2) is 168 Å². The van der Waals surface area contributed by atoms with Gasteiger partial charge in [0.2, 0.25) is 11.8 Å². The summed E-state index contributed by atoms with van der Waals surface area (Å²) in [6.07, 6.45) is 4.32. The summed E-state index contributed by atoms with van der Waals surface area (Å²) in [5.74, 6) is -5.80. The number of nitrogens with zero attached hydrogens (tertiary/aromatic N) is 2. The quantitative estimate of drug-likeness (QED) is 0.0575. The number of unbranched alkanes of at least 4 members (excludes halogenated alkanes) is 1. The van der Waals surface area contributed by atoms with Crippen molar-refractivity contribution in [1.82, 2.24) is 47.0 Å². The Morgan fingerprint density at radius 1 is 0.608 bits per heavy atom. The summed E-state index contributed by atoms with van der Waals surface area (Å²) in [7, 11) is 0. The number of carbonyl (C=O) groups excluding carboxylic acids is 4. The fraction of sp³-hybridized carbons (Fsp3) is 0.547. The summed E-state index contributed by atoms with van der Waals surface area (Å²) >= 11 is 0. The standard InChI is InChI=1S/C53H75N9O12/c63-46(64)21-20-44(52(72)73)60-53(74)59-43(51(70)71)9-3-4-24-56-50(69)45(32-38-14-15-39-7-1-2-8-42(39)31-38)58-49(68)41-16-10-36(11-17-41)33-57-48(67)40-18-12-37(13-19-40)34-61-27-5-22-55-26-30-62(35-47(65)66)28-6-23-54-25-29-61/h1-2,7-8,12-15,18-19,31,36,41,43-45,54-55H,3-6,9-11,16-17,20-30,32-35H2,(H,56,69)(H,57,67)(H,58,68)(H,63,64)(H,65,66)(H,70,71)(H,72,73)(H2,59,60,74). The Labute approximate surface area is 431 Å². The molecule has 3 atom stereocenters. The molecule has 5 rings (SSSR count). The van der Waals surface area contributed by atoms with E-state index < -0.39 is 60.4 Å². The number of amides is 5. The number of carboxylic acids is 4. The van der Waals surface area contributed by atoms with Crippen molar-refractivity contribution < 1.29 is 58.8 Å². The van der Waals surface area contributed by atoms with Gasteiger partial charge in [0.25, 0.3) is 5.91 Å². The van der Waals surface area contributed by atoms with Crippen LogP contribution in [0.4, 0.5) is 4.79 Å². The lowest BCUT2D eigenvalue weighted by Gasteiger charge is -2.29. The maximum atomic E-state index is 13.8. The molecule has 1 heterocycles. The first kappa shape index (κ1) is 58.2. The first-order valence-corrected chi connectivity index (χ1v) is 25.9. The highest BCUT2D eigenvalue weighted by atomic mass is 16.4. The molecule has 11 N–H and O–H groups in total. The summed E-state index contributed by atoms with van der Waals surface area (Å²) in [5.41, 5.74) is 2.54. The minimum atomic E-state index is -1.53. The van der Waals surface area contributed by atoms with Crippen molar-refractivity contribution in [1.29, 1.82) is 0 Å². The van der Waals surface area contributed by atoms with Gasteiger partial charge in [0.15, 0.2) is 0 Å². The molecule has 21 heteroatoms. The van der Waals surface area contributed by atoms with E-state index in [1.165, 1.54) is 0 Å². The number of carbonyl (C=O) groups is 8. The van der Waals surface area contributed by atoms with Crippen LogP contribution in [-0.2, 0) is 41.7 Å². The van der Waals surface area contributed by atoms with Crippen molar-refractivity contribution in [2.24, 2.45) is 11.8 Å². The molecule has 0 aromatic heterocycles. The van der Waals surface area contributed by atoms with E-state index in [1.54, 1.807) is 0 Å². The van der Waals surface area contributed by atoms with Crippen LogP contribution in [0.1, 0.15) is 92.1 Å². The maximum absolute atomic E-state index is 13.8. The van der Waals surface area contributed by atoms with E-state index in [0.717, 1.165) is 99.9 Å². The average molecular weight is 1030 g/mol. The minimum Gasteiger partial charge on any atom is -0.481 e. The number of hydrogen-bond donors (Lipinski definition) is 11. The Balaban J connectivity index is 1.06.